The molecule has 1 heterocycles. The molecule has 0 spiro atoms. The van der Waals surface area contributed by atoms with Crippen molar-refractivity contribution in [2.45, 2.75) is 26.7 Å². The minimum atomic E-state index is -0.761. The van der Waals surface area contributed by atoms with Gasteiger partial charge >= 0.3 is 5.97 Å². The Morgan fingerprint density at radius 3 is 2.57 bits per heavy atom. The number of aromatic nitrogens is 1. The van der Waals surface area contributed by atoms with Crippen LogP contribution in [0.4, 0.5) is 5.69 Å². The second kappa shape index (κ2) is 6.11. The first kappa shape index (κ1) is 15.3. The average Bonchev–Trinajstić information content (AvgIpc) is 3.28. The Balaban J connectivity index is 2.04. The highest BCUT2D eigenvalue weighted by Crippen LogP contribution is 2.45. The third kappa shape index (κ3) is 3.32. The molecule has 1 aliphatic carbocycles. The van der Waals surface area contributed by atoms with Gasteiger partial charge in [0.15, 0.2) is 0 Å². The van der Waals surface area contributed by atoms with E-state index in [0.717, 1.165) is 5.69 Å². The number of aliphatic carboxylic acids is 1. The van der Waals surface area contributed by atoms with Gasteiger partial charge < -0.3 is 15.3 Å². The van der Waals surface area contributed by atoms with Gasteiger partial charge in [0.05, 0.1) is 5.41 Å². The van der Waals surface area contributed by atoms with Gasteiger partial charge in [0, 0.05) is 31.5 Å². The Morgan fingerprint density at radius 2 is 2.05 bits per heavy atom. The fourth-order valence-electron chi connectivity index (χ4n) is 2.22. The molecule has 0 atom stereocenters. The molecule has 0 unspecified atom stereocenters. The summed E-state index contributed by atoms with van der Waals surface area (Å²) in [4.78, 5) is 29.2. The van der Waals surface area contributed by atoms with Gasteiger partial charge in [-0.25, -0.2) is 0 Å². The van der Waals surface area contributed by atoms with Gasteiger partial charge in [-0.3, -0.25) is 14.6 Å². The summed E-state index contributed by atoms with van der Waals surface area (Å²) in [6.07, 6.45) is 2.97. The second-order valence-corrected chi connectivity index (χ2v) is 5.35. The summed E-state index contributed by atoms with van der Waals surface area (Å²) < 4.78 is 0. The van der Waals surface area contributed by atoms with Crippen LogP contribution >= 0.6 is 0 Å². The number of carbonyl (C=O) groups is 2. The van der Waals surface area contributed by atoms with E-state index in [0.29, 0.717) is 38.2 Å². The minimum absolute atomic E-state index is 0.108. The minimum Gasteiger partial charge on any atom is -0.481 e. The van der Waals surface area contributed by atoms with Crippen LogP contribution in [0.3, 0.4) is 0 Å². The number of nitrogens with zero attached hydrogens (tertiary/aromatic N) is 2. The fourth-order valence-corrected chi connectivity index (χ4v) is 2.22. The number of nitrogens with one attached hydrogen (secondary N) is 1. The molecule has 2 rings (SSSR count). The van der Waals surface area contributed by atoms with Crippen molar-refractivity contribution in [1.29, 1.82) is 0 Å². The molecule has 1 aromatic rings. The summed E-state index contributed by atoms with van der Waals surface area (Å²) in [6, 6.07) is 3.43. The van der Waals surface area contributed by atoms with E-state index in [2.05, 4.69) is 10.3 Å². The largest absolute Gasteiger partial charge is 0.481 e. The van der Waals surface area contributed by atoms with E-state index in [-0.39, 0.29) is 5.91 Å². The van der Waals surface area contributed by atoms with Gasteiger partial charge in [-0.1, -0.05) is 0 Å². The zero-order chi connectivity index (χ0) is 15.5. The Morgan fingerprint density at radius 1 is 1.38 bits per heavy atom. The highest BCUT2D eigenvalue weighted by Gasteiger charge is 2.49. The van der Waals surface area contributed by atoms with Crippen LogP contribution in [-0.2, 0) is 4.79 Å². The molecule has 6 heteroatoms. The van der Waals surface area contributed by atoms with E-state index < -0.39 is 11.4 Å². The molecule has 0 saturated heterocycles. The lowest BCUT2D eigenvalue weighted by molar-refractivity contribution is -0.142. The van der Waals surface area contributed by atoms with E-state index in [4.69, 9.17) is 5.11 Å². The van der Waals surface area contributed by atoms with Gasteiger partial charge in [0.25, 0.3) is 5.91 Å². The summed E-state index contributed by atoms with van der Waals surface area (Å²) in [7, 11) is 0. The van der Waals surface area contributed by atoms with Crippen LogP contribution in [-0.4, -0.2) is 46.5 Å². The summed E-state index contributed by atoms with van der Waals surface area (Å²) in [5, 5.41) is 12.3. The molecule has 6 nitrogen and oxygen atoms in total. The summed E-state index contributed by atoms with van der Waals surface area (Å²) in [5.41, 5.74) is 0.476. The molecule has 21 heavy (non-hydrogen) atoms. The maximum absolute atomic E-state index is 12.2. The molecule has 0 aromatic carbocycles. The Hall–Kier alpha value is -2.11. The Bertz CT molecular complexity index is 537. The molecule has 0 aliphatic heterocycles. The quantitative estimate of drug-likeness (QED) is 0.801. The molecular formula is C15H21N3O3. The number of rotatable bonds is 7. The lowest BCUT2D eigenvalue weighted by Crippen LogP contribution is -2.31. The van der Waals surface area contributed by atoms with Crippen molar-refractivity contribution < 1.29 is 14.7 Å². The topological polar surface area (TPSA) is 82.5 Å². The van der Waals surface area contributed by atoms with E-state index in [1.165, 1.54) is 0 Å². The van der Waals surface area contributed by atoms with Crippen LogP contribution in [0.5, 0.6) is 0 Å². The predicted octanol–water partition coefficient (Wildman–Crippen LogP) is 1.84. The molecular weight excluding hydrogens is 270 g/mol. The number of hydrogen-bond donors (Lipinski definition) is 2. The van der Waals surface area contributed by atoms with E-state index in [1.807, 2.05) is 13.8 Å². The molecule has 1 saturated carbocycles. The molecule has 1 aliphatic rings. The van der Waals surface area contributed by atoms with Crippen LogP contribution in [0.25, 0.3) is 0 Å². The SMILES string of the molecule is CCN(CC)C(=O)c1cc(NCC2(C(=O)O)CC2)ccn1. The van der Waals surface area contributed by atoms with Crippen molar-refractivity contribution in [1.82, 2.24) is 9.88 Å². The third-order valence-electron chi connectivity index (χ3n) is 3.97. The van der Waals surface area contributed by atoms with Gasteiger partial charge in [0.1, 0.15) is 5.69 Å². The number of hydrogen-bond acceptors (Lipinski definition) is 4. The maximum Gasteiger partial charge on any atom is 0.311 e. The molecule has 1 aromatic heterocycles. The summed E-state index contributed by atoms with van der Waals surface area (Å²) in [6.45, 7) is 5.50. The van der Waals surface area contributed by atoms with E-state index in [9.17, 15) is 9.59 Å². The van der Waals surface area contributed by atoms with E-state index in [1.54, 1.807) is 23.2 Å². The van der Waals surface area contributed by atoms with Crippen molar-refractivity contribution >= 4 is 17.6 Å². The van der Waals surface area contributed by atoms with Gasteiger partial charge in [-0.2, -0.15) is 0 Å². The first-order valence-corrected chi connectivity index (χ1v) is 7.25. The normalized spacial score (nSPS) is 15.3. The van der Waals surface area contributed by atoms with Crippen molar-refractivity contribution in [2.24, 2.45) is 5.41 Å². The predicted molar refractivity (Wildman–Crippen MR) is 79.3 cm³/mol. The maximum atomic E-state index is 12.2. The summed E-state index contributed by atoms with van der Waals surface area (Å²) >= 11 is 0. The highest BCUT2D eigenvalue weighted by atomic mass is 16.4. The molecule has 0 bridgehead atoms. The lowest BCUT2D eigenvalue weighted by atomic mass is 10.1. The van der Waals surface area contributed by atoms with Crippen molar-refractivity contribution in [3.63, 3.8) is 0 Å². The molecule has 1 fully saturated rings. The fraction of sp³-hybridized carbons (Fsp3) is 0.533. The molecule has 1 amide bonds. The van der Waals surface area contributed by atoms with Gasteiger partial charge in [0.2, 0.25) is 0 Å². The van der Waals surface area contributed by atoms with Crippen LogP contribution in [0.1, 0.15) is 37.2 Å². The standard InChI is InChI=1S/C15H21N3O3/c1-3-18(4-2)13(19)12-9-11(5-8-16-12)17-10-15(6-7-15)14(20)21/h5,8-9H,3-4,6-7,10H2,1-2H3,(H,16,17)(H,20,21). The zero-order valence-electron chi connectivity index (χ0n) is 12.4. The third-order valence-corrected chi connectivity index (χ3v) is 3.97. The number of carboxylic acids is 1. The zero-order valence-corrected chi connectivity index (χ0v) is 12.4. The number of carbonyl (C=O) groups excluding carboxylic acids is 1. The smallest absolute Gasteiger partial charge is 0.311 e. The van der Waals surface area contributed by atoms with Crippen molar-refractivity contribution in [3.8, 4) is 0 Å². The first-order valence-electron chi connectivity index (χ1n) is 7.25. The van der Waals surface area contributed by atoms with Crippen LogP contribution < -0.4 is 5.32 Å². The van der Waals surface area contributed by atoms with Crippen molar-refractivity contribution in [3.05, 3.63) is 24.0 Å². The molecule has 0 radical (unpaired) electrons. The van der Waals surface area contributed by atoms with E-state index >= 15 is 0 Å². The number of anilines is 1. The number of carboxylic acid groups (broad SMARTS) is 1. The van der Waals surface area contributed by atoms with Crippen molar-refractivity contribution in [2.75, 3.05) is 25.0 Å². The van der Waals surface area contributed by atoms with Gasteiger partial charge in [-0.15, -0.1) is 0 Å². The Labute approximate surface area is 124 Å². The van der Waals surface area contributed by atoms with Crippen LogP contribution in [0.15, 0.2) is 18.3 Å². The van der Waals surface area contributed by atoms with Crippen LogP contribution in [0.2, 0.25) is 0 Å². The highest BCUT2D eigenvalue weighted by molar-refractivity contribution is 5.93. The lowest BCUT2D eigenvalue weighted by Gasteiger charge is -2.18. The average molecular weight is 291 g/mol. The number of amides is 1. The van der Waals surface area contributed by atoms with Crippen LogP contribution in [0, 0.1) is 5.41 Å². The number of pyridine rings is 1. The Kier molecular flexibility index (Phi) is 4.45. The van der Waals surface area contributed by atoms with Gasteiger partial charge in [-0.05, 0) is 38.8 Å². The first-order chi connectivity index (χ1) is 10.0. The molecule has 2 N–H and O–H groups in total. The molecule has 114 valence electrons. The monoisotopic (exact) mass is 291 g/mol. The second-order valence-electron chi connectivity index (χ2n) is 5.35. The summed E-state index contributed by atoms with van der Waals surface area (Å²) in [5.74, 6) is -0.869.